The largest absolute Gasteiger partial charge is 0.452 e. The Morgan fingerprint density at radius 3 is 2.56 bits per heavy atom. The van der Waals surface area contributed by atoms with Gasteiger partial charge in [0.15, 0.2) is 6.61 Å². The van der Waals surface area contributed by atoms with Gasteiger partial charge < -0.3 is 15.0 Å². The molecule has 3 rings (SSSR count). The van der Waals surface area contributed by atoms with Gasteiger partial charge in [-0.05, 0) is 31.7 Å². The summed E-state index contributed by atoms with van der Waals surface area (Å²) < 4.78 is 4.97. The minimum atomic E-state index is -0.849. The number of benzene rings is 1. The van der Waals surface area contributed by atoms with Gasteiger partial charge in [0.05, 0.1) is 16.2 Å². The molecule has 3 amide bonds. The van der Waals surface area contributed by atoms with Crippen LogP contribution in [0.4, 0.5) is 16.2 Å². The zero-order valence-corrected chi connectivity index (χ0v) is 14.6. The molecule has 0 radical (unpaired) electrons. The second-order valence-corrected chi connectivity index (χ2v) is 6.52. The lowest BCUT2D eigenvalue weighted by Crippen LogP contribution is -2.42. The third-order valence-corrected chi connectivity index (χ3v) is 4.36. The highest BCUT2D eigenvalue weighted by molar-refractivity contribution is 5.99. The van der Waals surface area contributed by atoms with Crippen molar-refractivity contribution in [3.8, 4) is 0 Å². The number of amides is 3. The van der Waals surface area contributed by atoms with Crippen molar-refractivity contribution in [3.63, 3.8) is 0 Å². The van der Waals surface area contributed by atoms with Gasteiger partial charge in [0, 0.05) is 31.3 Å². The van der Waals surface area contributed by atoms with Gasteiger partial charge in [-0.25, -0.2) is 9.59 Å². The smallest absolute Gasteiger partial charge is 0.341 e. The Morgan fingerprint density at radius 2 is 1.93 bits per heavy atom. The van der Waals surface area contributed by atoms with Gasteiger partial charge in [0.25, 0.3) is 11.6 Å². The van der Waals surface area contributed by atoms with Crippen LogP contribution in [0, 0.1) is 10.1 Å². The van der Waals surface area contributed by atoms with Crippen molar-refractivity contribution in [1.82, 2.24) is 10.6 Å². The molecule has 0 atom stereocenters. The molecule has 2 fully saturated rings. The molecule has 1 aromatic carbocycles. The molecule has 27 heavy (non-hydrogen) atoms. The van der Waals surface area contributed by atoms with E-state index in [1.165, 1.54) is 12.1 Å². The van der Waals surface area contributed by atoms with Crippen molar-refractivity contribution >= 4 is 29.3 Å². The van der Waals surface area contributed by atoms with E-state index in [1.807, 2.05) is 4.90 Å². The summed E-state index contributed by atoms with van der Waals surface area (Å²) in [7, 11) is 0. The van der Waals surface area contributed by atoms with E-state index >= 15 is 0 Å². The SMILES string of the molecule is O=C(COC(=O)c1cc([N+](=O)[O-])ccc1N1CCCC1)NC(=O)NC1CC1. The van der Waals surface area contributed by atoms with Crippen molar-refractivity contribution in [2.24, 2.45) is 0 Å². The van der Waals surface area contributed by atoms with Crippen LogP contribution < -0.4 is 15.5 Å². The molecule has 1 aromatic rings. The van der Waals surface area contributed by atoms with Crippen LogP contribution in [0.5, 0.6) is 0 Å². The summed E-state index contributed by atoms with van der Waals surface area (Å²) in [6.45, 7) is 0.818. The minimum Gasteiger partial charge on any atom is -0.452 e. The van der Waals surface area contributed by atoms with Crippen molar-refractivity contribution < 1.29 is 24.0 Å². The number of nitro benzene ring substituents is 1. The maximum atomic E-state index is 12.4. The molecule has 0 spiro atoms. The van der Waals surface area contributed by atoms with E-state index in [0.29, 0.717) is 5.69 Å². The number of esters is 1. The summed E-state index contributed by atoms with van der Waals surface area (Å²) in [5, 5.41) is 15.7. The predicted molar refractivity (Wildman–Crippen MR) is 94.5 cm³/mol. The summed E-state index contributed by atoms with van der Waals surface area (Å²) in [5.41, 5.74) is 0.328. The maximum absolute atomic E-state index is 12.4. The van der Waals surface area contributed by atoms with Gasteiger partial charge in [-0.15, -0.1) is 0 Å². The predicted octanol–water partition coefficient (Wildman–Crippen LogP) is 1.34. The van der Waals surface area contributed by atoms with Crippen LogP contribution in [0.1, 0.15) is 36.0 Å². The average Bonchev–Trinajstić information content (AvgIpc) is 3.27. The molecule has 1 aliphatic carbocycles. The lowest BCUT2D eigenvalue weighted by atomic mass is 10.1. The first-order valence-electron chi connectivity index (χ1n) is 8.75. The molecule has 1 heterocycles. The first kappa shape index (κ1) is 18.6. The van der Waals surface area contributed by atoms with Crippen LogP contribution in [-0.4, -0.2) is 48.6 Å². The van der Waals surface area contributed by atoms with Crippen LogP contribution in [0.3, 0.4) is 0 Å². The summed E-state index contributed by atoms with van der Waals surface area (Å²) in [6, 6.07) is 3.45. The van der Waals surface area contributed by atoms with Gasteiger partial charge in [-0.1, -0.05) is 0 Å². The van der Waals surface area contributed by atoms with Crippen molar-refractivity contribution in [2.75, 3.05) is 24.6 Å². The highest BCUT2D eigenvalue weighted by atomic mass is 16.6. The standard InChI is InChI=1S/C17H20N4O6/c22-15(19-17(24)18-11-3-4-11)10-27-16(23)13-9-12(21(25)26)5-6-14(13)20-7-1-2-8-20/h5-6,9,11H,1-4,7-8,10H2,(H2,18,19,22,24). The van der Waals surface area contributed by atoms with E-state index in [4.69, 9.17) is 4.74 Å². The Balaban J connectivity index is 1.64. The summed E-state index contributed by atoms with van der Waals surface area (Å²) >= 11 is 0. The molecule has 0 aromatic heterocycles. The lowest BCUT2D eigenvalue weighted by molar-refractivity contribution is -0.384. The maximum Gasteiger partial charge on any atom is 0.341 e. The third-order valence-electron chi connectivity index (χ3n) is 4.36. The highest BCUT2D eigenvalue weighted by Gasteiger charge is 2.26. The number of carbonyl (C=O) groups excluding carboxylic acids is 3. The first-order chi connectivity index (χ1) is 12.9. The monoisotopic (exact) mass is 376 g/mol. The summed E-state index contributed by atoms with van der Waals surface area (Å²) in [5.74, 6) is -1.62. The lowest BCUT2D eigenvalue weighted by Gasteiger charge is -2.20. The quantitative estimate of drug-likeness (QED) is 0.435. The van der Waals surface area contributed by atoms with Crippen LogP contribution in [0.25, 0.3) is 0 Å². The number of ether oxygens (including phenoxy) is 1. The number of carbonyl (C=O) groups is 3. The van der Waals surface area contributed by atoms with Crippen molar-refractivity contribution in [2.45, 2.75) is 31.7 Å². The van der Waals surface area contributed by atoms with Gasteiger partial charge >= 0.3 is 12.0 Å². The number of urea groups is 1. The van der Waals surface area contributed by atoms with E-state index in [1.54, 1.807) is 0 Å². The van der Waals surface area contributed by atoms with Crippen molar-refractivity contribution in [3.05, 3.63) is 33.9 Å². The fourth-order valence-electron chi connectivity index (χ4n) is 2.86. The van der Waals surface area contributed by atoms with E-state index < -0.39 is 29.4 Å². The van der Waals surface area contributed by atoms with Crippen LogP contribution in [-0.2, 0) is 9.53 Å². The molecule has 0 unspecified atom stereocenters. The summed E-state index contributed by atoms with van der Waals surface area (Å²) in [4.78, 5) is 48.0. The van der Waals surface area contributed by atoms with Crippen LogP contribution in [0.15, 0.2) is 18.2 Å². The number of hydrogen-bond acceptors (Lipinski definition) is 7. The molecule has 1 saturated heterocycles. The molecule has 0 bridgehead atoms. The topological polar surface area (TPSA) is 131 Å². The number of nitrogens with zero attached hydrogens (tertiary/aromatic N) is 2. The van der Waals surface area contributed by atoms with E-state index in [9.17, 15) is 24.5 Å². The average molecular weight is 376 g/mol. The molecular formula is C17H20N4O6. The van der Waals surface area contributed by atoms with E-state index in [0.717, 1.165) is 44.8 Å². The molecular weight excluding hydrogens is 356 g/mol. The summed E-state index contributed by atoms with van der Waals surface area (Å²) in [6.07, 6.45) is 3.68. The molecule has 1 saturated carbocycles. The van der Waals surface area contributed by atoms with Crippen molar-refractivity contribution in [1.29, 1.82) is 0 Å². The first-order valence-corrected chi connectivity index (χ1v) is 8.75. The fourth-order valence-corrected chi connectivity index (χ4v) is 2.86. The van der Waals surface area contributed by atoms with Crippen LogP contribution in [0.2, 0.25) is 0 Å². The van der Waals surface area contributed by atoms with Crippen LogP contribution >= 0.6 is 0 Å². The Kier molecular flexibility index (Phi) is 5.53. The zero-order chi connectivity index (χ0) is 19.4. The normalized spacial score (nSPS) is 15.9. The van der Waals surface area contributed by atoms with Gasteiger partial charge in [-0.3, -0.25) is 20.2 Å². The molecule has 2 aliphatic rings. The number of hydrogen-bond donors (Lipinski definition) is 2. The van der Waals surface area contributed by atoms with Gasteiger partial charge in [0.2, 0.25) is 0 Å². The molecule has 144 valence electrons. The number of nitro groups is 1. The number of nitrogens with one attached hydrogen (secondary N) is 2. The van der Waals surface area contributed by atoms with Gasteiger partial charge in [0.1, 0.15) is 0 Å². The molecule has 10 nitrogen and oxygen atoms in total. The van der Waals surface area contributed by atoms with E-state index in [-0.39, 0.29) is 17.3 Å². The molecule has 10 heteroatoms. The number of rotatable bonds is 6. The van der Waals surface area contributed by atoms with E-state index in [2.05, 4.69) is 10.6 Å². The molecule has 2 N–H and O–H groups in total. The Bertz CT molecular complexity index is 771. The fraction of sp³-hybridized carbons (Fsp3) is 0.471. The number of imide groups is 1. The Labute approximate surface area is 155 Å². The second kappa shape index (κ2) is 8.02. The Hall–Kier alpha value is -3.17. The number of anilines is 1. The third kappa shape index (κ3) is 4.93. The minimum absolute atomic E-state index is 0.0290. The zero-order valence-electron chi connectivity index (χ0n) is 14.6. The Morgan fingerprint density at radius 1 is 1.22 bits per heavy atom. The molecule has 1 aliphatic heterocycles. The second-order valence-electron chi connectivity index (χ2n) is 6.52. The van der Waals surface area contributed by atoms with Gasteiger partial charge in [-0.2, -0.15) is 0 Å². The highest BCUT2D eigenvalue weighted by Crippen LogP contribution is 2.29. The number of non-ortho nitro benzene ring substituents is 1.